The number of hydrogen-bond donors (Lipinski definition) is 0. The first-order chi connectivity index (χ1) is 20.7. The second-order valence-corrected chi connectivity index (χ2v) is 14.3. The van der Waals surface area contributed by atoms with E-state index in [0.717, 1.165) is 6.67 Å². The maximum atomic E-state index is 2.51. The molecule has 3 aliphatic heterocycles. The minimum Gasteiger partial charge on any atom is -0.359 e. The Bertz CT molecular complexity index is 1360. The summed E-state index contributed by atoms with van der Waals surface area (Å²) in [4.78, 5) is 14.1. The second kappa shape index (κ2) is 13.1. The van der Waals surface area contributed by atoms with Gasteiger partial charge in [0.1, 0.15) is 11.3 Å². The van der Waals surface area contributed by atoms with Crippen LogP contribution in [0.25, 0.3) is 0 Å². The van der Waals surface area contributed by atoms with Gasteiger partial charge in [-0.2, -0.15) is 0 Å². The molecule has 0 unspecified atom stereocenters. The maximum absolute atomic E-state index is 2.51. The van der Waals surface area contributed by atoms with E-state index in [1.54, 1.807) is 0 Å². The highest BCUT2D eigenvalue weighted by molar-refractivity contribution is 5.75. The molecule has 0 saturated heterocycles. The van der Waals surface area contributed by atoms with E-state index in [0.29, 0.717) is 0 Å². The van der Waals surface area contributed by atoms with Crippen molar-refractivity contribution in [1.29, 1.82) is 0 Å². The van der Waals surface area contributed by atoms with Crippen LogP contribution in [0.3, 0.4) is 0 Å². The molecule has 2 aromatic carbocycles. The summed E-state index contributed by atoms with van der Waals surface area (Å²) in [6, 6.07) is 13.1. The molecule has 248 valence electrons. The van der Waals surface area contributed by atoms with Gasteiger partial charge in [-0.3, -0.25) is 0 Å². The summed E-state index contributed by atoms with van der Waals surface area (Å²) in [5.41, 5.74) is 16.1. The SMILES string of the molecule is CC1=C(C)N(C)C(C)(C)N1C.CC1=C(C)N(C)CN1C.CC1=C(C)N(c2c(C)cccc2C)C(C)(C)N1c1c(C)cccc1C. The molecular formula is C39H62N6. The molecule has 6 nitrogen and oxygen atoms in total. The van der Waals surface area contributed by atoms with E-state index in [2.05, 4.69) is 191 Å². The molecule has 3 heterocycles. The molecule has 0 N–H and O–H groups in total. The van der Waals surface area contributed by atoms with E-state index in [-0.39, 0.29) is 11.3 Å². The number of anilines is 2. The Hall–Kier alpha value is -3.54. The third-order valence-corrected chi connectivity index (χ3v) is 10.9. The van der Waals surface area contributed by atoms with Crippen LogP contribution >= 0.6 is 0 Å². The van der Waals surface area contributed by atoms with Crippen molar-refractivity contribution in [3.8, 4) is 0 Å². The van der Waals surface area contributed by atoms with Crippen molar-refractivity contribution in [3.05, 3.63) is 92.8 Å². The lowest BCUT2D eigenvalue weighted by Gasteiger charge is -2.44. The zero-order chi connectivity index (χ0) is 34.3. The van der Waals surface area contributed by atoms with Gasteiger partial charge in [0.15, 0.2) is 0 Å². The molecular weight excluding hydrogens is 552 g/mol. The van der Waals surface area contributed by atoms with E-state index in [4.69, 9.17) is 0 Å². The van der Waals surface area contributed by atoms with Crippen LogP contribution in [0.1, 0.15) is 91.5 Å². The van der Waals surface area contributed by atoms with Crippen LogP contribution in [0, 0.1) is 27.7 Å². The second-order valence-electron chi connectivity index (χ2n) is 14.3. The highest BCUT2D eigenvalue weighted by Gasteiger charge is 2.44. The third-order valence-electron chi connectivity index (χ3n) is 10.9. The van der Waals surface area contributed by atoms with Crippen LogP contribution in [0.5, 0.6) is 0 Å². The number of aryl methyl sites for hydroxylation is 4. The molecule has 0 fully saturated rings. The lowest BCUT2D eigenvalue weighted by atomic mass is 10.0. The molecule has 0 spiro atoms. The highest BCUT2D eigenvalue weighted by Crippen LogP contribution is 2.47. The molecule has 0 saturated carbocycles. The van der Waals surface area contributed by atoms with Gasteiger partial charge in [-0.15, -0.1) is 0 Å². The molecule has 3 aliphatic rings. The summed E-state index contributed by atoms with van der Waals surface area (Å²) < 4.78 is 0. The van der Waals surface area contributed by atoms with Crippen LogP contribution in [-0.2, 0) is 0 Å². The van der Waals surface area contributed by atoms with Crippen molar-refractivity contribution in [1.82, 2.24) is 19.6 Å². The minimum atomic E-state index is -0.165. The van der Waals surface area contributed by atoms with Crippen LogP contribution in [0.2, 0.25) is 0 Å². The number of allylic oxidation sites excluding steroid dienone is 6. The van der Waals surface area contributed by atoms with Gasteiger partial charge < -0.3 is 29.4 Å². The Morgan fingerprint density at radius 2 is 0.711 bits per heavy atom. The van der Waals surface area contributed by atoms with Crippen molar-refractivity contribution < 1.29 is 0 Å². The zero-order valence-electron chi connectivity index (χ0n) is 31.9. The smallest absolute Gasteiger partial charge is 0.116 e. The fourth-order valence-corrected chi connectivity index (χ4v) is 7.06. The van der Waals surface area contributed by atoms with Gasteiger partial charge in [-0.25, -0.2) is 0 Å². The minimum absolute atomic E-state index is 0.147. The molecule has 0 radical (unpaired) electrons. The van der Waals surface area contributed by atoms with Gasteiger partial charge in [0.2, 0.25) is 0 Å². The topological polar surface area (TPSA) is 19.4 Å². The zero-order valence-corrected chi connectivity index (χ0v) is 31.9. The van der Waals surface area contributed by atoms with E-state index in [9.17, 15) is 0 Å². The summed E-state index contributed by atoms with van der Waals surface area (Å²) >= 11 is 0. The van der Waals surface area contributed by atoms with Crippen molar-refractivity contribution >= 4 is 11.4 Å². The Morgan fingerprint density at radius 1 is 0.422 bits per heavy atom. The lowest BCUT2D eigenvalue weighted by Crippen LogP contribution is -2.51. The predicted molar refractivity (Wildman–Crippen MR) is 196 cm³/mol. The first-order valence-corrected chi connectivity index (χ1v) is 16.3. The van der Waals surface area contributed by atoms with E-state index >= 15 is 0 Å². The lowest BCUT2D eigenvalue weighted by molar-refractivity contribution is 0.0917. The summed E-state index contributed by atoms with van der Waals surface area (Å²) in [6.07, 6.45) is 0. The standard InChI is InChI=1S/C23H30N2.C9H18N2.C7H14N2/c1-15-11-9-12-16(2)21(15)24-19(5)20(6)25(23(24,7)8)22-17(3)13-10-14-18(22)4;1-7-8(2)11(6)9(3,4)10(7)5;1-6-7(2)9(4)5-8(6)3/h9-14H,1-8H3;1-6H3;5H2,1-4H3. The average Bonchev–Trinajstić information content (AvgIpc) is 3.34. The van der Waals surface area contributed by atoms with E-state index in [1.165, 1.54) is 67.8 Å². The van der Waals surface area contributed by atoms with Gasteiger partial charge >= 0.3 is 0 Å². The summed E-state index contributed by atoms with van der Waals surface area (Å²) in [6.45, 7) is 32.1. The van der Waals surface area contributed by atoms with Crippen LogP contribution in [-0.4, -0.2) is 65.8 Å². The molecule has 0 aromatic heterocycles. The molecule has 6 heteroatoms. The van der Waals surface area contributed by atoms with Crippen molar-refractivity contribution in [2.45, 2.75) is 108 Å². The van der Waals surface area contributed by atoms with Gasteiger partial charge in [-0.05, 0) is 119 Å². The Labute approximate surface area is 276 Å². The van der Waals surface area contributed by atoms with Crippen LogP contribution in [0.4, 0.5) is 11.4 Å². The number of para-hydroxylation sites is 2. The summed E-state index contributed by atoms with van der Waals surface area (Å²) in [5.74, 6) is 0. The Morgan fingerprint density at radius 3 is 0.911 bits per heavy atom. The normalized spacial score (nSPS) is 19.1. The summed E-state index contributed by atoms with van der Waals surface area (Å²) in [7, 11) is 8.51. The first kappa shape index (κ1) is 35.9. The van der Waals surface area contributed by atoms with Gasteiger partial charge in [0.05, 0.1) is 6.67 Å². The van der Waals surface area contributed by atoms with Crippen molar-refractivity contribution in [2.24, 2.45) is 0 Å². The fraction of sp³-hybridized carbons (Fsp3) is 0.538. The average molecular weight is 615 g/mol. The Kier molecular flexibility index (Phi) is 10.4. The molecule has 5 rings (SSSR count). The molecule has 0 amide bonds. The monoisotopic (exact) mass is 615 g/mol. The molecule has 45 heavy (non-hydrogen) atoms. The van der Waals surface area contributed by atoms with E-state index < -0.39 is 0 Å². The summed E-state index contributed by atoms with van der Waals surface area (Å²) in [5, 5.41) is 0. The van der Waals surface area contributed by atoms with E-state index in [1.807, 2.05) is 0 Å². The molecule has 2 aromatic rings. The number of benzene rings is 2. The largest absolute Gasteiger partial charge is 0.359 e. The number of nitrogens with zero attached hydrogens (tertiary/aromatic N) is 6. The highest BCUT2D eigenvalue weighted by atomic mass is 15.5. The molecule has 0 aliphatic carbocycles. The van der Waals surface area contributed by atoms with Gasteiger partial charge in [0.25, 0.3) is 0 Å². The van der Waals surface area contributed by atoms with Gasteiger partial charge in [0, 0.05) is 73.7 Å². The quantitative estimate of drug-likeness (QED) is 0.334. The maximum Gasteiger partial charge on any atom is 0.116 e. The predicted octanol–water partition coefficient (Wildman–Crippen LogP) is 9.16. The number of rotatable bonds is 2. The first-order valence-electron chi connectivity index (χ1n) is 16.3. The van der Waals surface area contributed by atoms with Crippen molar-refractivity contribution in [3.63, 3.8) is 0 Å². The molecule has 0 bridgehead atoms. The third kappa shape index (κ3) is 6.43. The molecule has 0 atom stereocenters. The van der Waals surface area contributed by atoms with Crippen LogP contribution in [0.15, 0.2) is 70.6 Å². The Balaban J connectivity index is 0.000000226. The van der Waals surface area contributed by atoms with Gasteiger partial charge in [-0.1, -0.05) is 36.4 Å². The fourth-order valence-electron chi connectivity index (χ4n) is 7.06. The van der Waals surface area contributed by atoms with Crippen molar-refractivity contribution in [2.75, 3.05) is 44.7 Å². The van der Waals surface area contributed by atoms with Crippen LogP contribution < -0.4 is 9.80 Å². The number of hydrogen-bond acceptors (Lipinski definition) is 6.